The second kappa shape index (κ2) is 5.02. The van der Waals surface area contributed by atoms with Gasteiger partial charge in [-0.1, -0.05) is 12.1 Å². The molecule has 1 spiro atoms. The molecule has 106 valence electrons. The average molecular weight is 273 g/mol. The number of ketones is 1. The summed E-state index contributed by atoms with van der Waals surface area (Å²) < 4.78 is 5.36. The van der Waals surface area contributed by atoms with Gasteiger partial charge in [0.15, 0.2) is 5.78 Å². The maximum atomic E-state index is 12.3. The first kappa shape index (κ1) is 13.3. The molecule has 20 heavy (non-hydrogen) atoms. The van der Waals surface area contributed by atoms with Gasteiger partial charge >= 0.3 is 0 Å². The number of carbonyl (C=O) groups excluding carboxylic acids is 2. The van der Waals surface area contributed by atoms with Gasteiger partial charge in [-0.25, -0.2) is 0 Å². The summed E-state index contributed by atoms with van der Waals surface area (Å²) in [5.74, 6) is 0.188. The lowest BCUT2D eigenvalue weighted by Crippen LogP contribution is -2.24. The van der Waals surface area contributed by atoms with Crippen LogP contribution in [-0.2, 0) is 9.53 Å². The van der Waals surface area contributed by atoms with Gasteiger partial charge in [0.25, 0.3) is 0 Å². The van der Waals surface area contributed by atoms with Crippen molar-refractivity contribution in [1.82, 2.24) is 0 Å². The predicted octanol–water partition coefficient (Wildman–Crippen LogP) is 2.64. The molecule has 2 aliphatic rings. The monoisotopic (exact) mass is 273 g/mol. The number of amides is 1. The highest BCUT2D eigenvalue weighted by molar-refractivity contribution is 5.98. The van der Waals surface area contributed by atoms with Crippen molar-refractivity contribution in [3.05, 3.63) is 29.8 Å². The van der Waals surface area contributed by atoms with Crippen molar-refractivity contribution in [3.63, 3.8) is 0 Å². The van der Waals surface area contributed by atoms with E-state index in [0.717, 1.165) is 32.5 Å². The number of Topliss-reactive ketones (excluding diaryl/α,β-unsaturated/α-hetero) is 1. The van der Waals surface area contributed by atoms with Gasteiger partial charge in [-0.2, -0.15) is 0 Å². The molecule has 0 unspecified atom stereocenters. The van der Waals surface area contributed by atoms with Crippen LogP contribution in [-0.4, -0.2) is 24.9 Å². The first-order valence-electron chi connectivity index (χ1n) is 7.10. The Morgan fingerprint density at radius 3 is 2.75 bits per heavy atom. The second-order valence-electron chi connectivity index (χ2n) is 5.86. The van der Waals surface area contributed by atoms with E-state index >= 15 is 0 Å². The van der Waals surface area contributed by atoms with Gasteiger partial charge in [-0.3, -0.25) is 9.59 Å². The lowest BCUT2D eigenvalue weighted by molar-refractivity contribution is -0.118. The van der Waals surface area contributed by atoms with Crippen LogP contribution < -0.4 is 5.32 Å². The molecule has 2 fully saturated rings. The molecule has 1 saturated carbocycles. The van der Waals surface area contributed by atoms with Gasteiger partial charge < -0.3 is 10.1 Å². The summed E-state index contributed by atoms with van der Waals surface area (Å²) in [4.78, 5) is 23.6. The zero-order valence-corrected chi connectivity index (χ0v) is 11.6. The fourth-order valence-electron chi connectivity index (χ4n) is 3.09. The molecule has 1 atom stereocenters. The Balaban J connectivity index is 1.65. The first-order valence-corrected chi connectivity index (χ1v) is 7.10. The molecule has 1 heterocycles. The standard InChI is InChI=1S/C16H19NO3/c1-11(18)12-3-2-4-13(9-12)17-15(19)14-10-16(14)5-7-20-8-6-16/h2-4,9,14H,5-8,10H2,1H3,(H,17,19)/t14-/m1/s1. The summed E-state index contributed by atoms with van der Waals surface area (Å²) in [5.41, 5.74) is 1.51. The highest BCUT2D eigenvalue weighted by Gasteiger charge is 2.57. The fraction of sp³-hybridized carbons (Fsp3) is 0.500. The molecule has 1 aromatic rings. The van der Waals surface area contributed by atoms with E-state index in [2.05, 4.69) is 5.32 Å². The lowest BCUT2D eigenvalue weighted by atomic mass is 9.93. The average Bonchev–Trinajstić information content (AvgIpc) is 3.13. The number of rotatable bonds is 3. The number of hydrogen-bond acceptors (Lipinski definition) is 3. The van der Waals surface area contributed by atoms with Crippen molar-refractivity contribution < 1.29 is 14.3 Å². The van der Waals surface area contributed by atoms with Crippen molar-refractivity contribution in [2.45, 2.75) is 26.2 Å². The number of ether oxygens (including phenoxy) is 1. The van der Waals surface area contributed by atoms with Gasteiger partial charge in [0.05, 0.1) is 0 Å². The number of anilines is 1. The highest BCUT2D eigenvalue weighted by atomic mass is 16.5. The number of carbonyl (C=O) groups is 2. The molecule has 0 bridgehead atoms. The van der Waals surface area contributed by atoms with Crippen molar-refractivity contribution in [2.75, 3.05) is 18.5 Å². The van der Waals surface area contributed by atoms with Crippen molar-refractivity contribution >= 4 is 17.4 Å². The Morgan fingerprint density at radius 2 is 2.05 bits per heavy atom. The number of hydrogen-bond donors (Lipinski definition) is 1. The summed E-state index contributed by atoms with van der Waals surface area (Å²) in [6.45, 7) is 3.06. The predicted molar refractivity (Wildman–Crippen MR) is 75.7 cm³/mol. The summed E-state index contributed by atoms with van der Waals surface area (Å²) in [6, 6.07) is 7.11. The Hall–Kier alpha value is -1.68. The minimum atomic E-state index is 0.00780. The molecule has 4 heteroatoms. The zero-order chi connectivity index (χ0) is 14.2. The van der Waals surface area contributed by atoms with Crippen molar-refractivity contribution in [1.29, 1.82) is 0 Å². The normalized spacial score (nSPS) is 23.4. The van der Waals surface area contributed by atoms with E-state index in [1.165, 1.54) is 6.92 Å². The maximum absolute atomic E-state index is 12.3. The van der Waals surface area contributed by atoms with Gasteiger partial charge in [0.2, 0.25) is 5.91 Å². The highest BCUT2D eigenvalue weighted by Crippen LogP contribution is 2.59. The molecule has 4 nitrogen and oxygen atoms in total. The van der Waals surface area contributed by atoms with E-state index in [1.807, 2.05) is 6.07 Å². The molecule has 1 amide bonds. The van der Waals surface area contributed by atoms with Crippen LogP contribution in [0.5, 0.6) is 0 Å². The van der Waals surface area contributed by atoms with E-state index < -0.39 is 0 Å². The van der Waals surface area contributed by atoms with Gasteiger partial charge in [-0.15, -0.1) is 0 Å². The summed E-state index contributed by atoms with van der Waals surface area (Å²) >= 11 is 0. The van der Waals surface area contributed by atoms with E-state index in [-0.39, 0.29) is 23.0 Å². The Kier molecular flexibility index (Phi) is 3.34. The van der Waals surface area contributed by atoms with Crippen molar-refractivity contribution in [2.24, 2.45) is 11.3 Å². The zero-order valence-electron chi connectivity index (χ0n) is 11.6. The molecule has 0 radical (unpaired) electrons. The minimum absolute atomic E-state index is 0.00780. The number of benzene rings is 1. The third kappa shape index (κ3) is 2.48. The Labute approximate surface area is 118 Å². The first-order chi connectivity index (χ1) is 9.61. The second-order valence-corrected chi connectivity index (χ2v) is 5.86. The molecule has 0 aromatic heterocycles. The minimum Gasteiger partial charge on any atom is -0.381 e. The van der Waals surface area contributed by atoms with Crippen LogP contribution in [0, 0.1) is 11.3 Å². The summed E-state index contributed by atoms with van der Waals surface area (Å²) in [7, 11) is 0. The smallest absolute Gasteiger partial charge is 0.228 e. The molecule has 1 saturated heterocycles. The summed E-state index contributed by atoms with van der Waals surface area (Å²) in [6.07, 6.45) is 2.94. The van der Waals surface area contributed by atoms with Crippen LogP contribution >= 0.6 is 0 Å². The molecular weight excluding hydrogens is 254 g/mol. The van der Waals surface area contributed by atoms with Gasteiger partial charge in [0.1, 0.15) is 0 Å². The lowest BCUT2D eigenvalue weighted by Gasteiger charge is -2.22. The molecule has 1 aliphatic heterocycles. The molecule has 1 aromatic carbocycles. The third-order valence-electron chi connectivity index (χ3n) is 4.53. The van der Waals surface area contributed by atoms with Crippen LogP contribution in [0.25, 0.3) is 0 Å². The number of nitrogens with one attached hydrogen (secondary N) is 1. The van der Waals surface area contributed by atoms with Crippen LogP contribution in [0.1, 0.15) is 36.5 Å². The van der Waals surface area contributed by atoms with E-state index in [1.54, 1.807) is 18.2 Å². The molecule has 3 rings (SSSR count). The quantitative estimate of drug-likeness (QED) is 0.861. The van der Waals surface area contributed by atoms with E-state index in [9.17, 15) is 9.59 Å². The fourth-order valence-corrected chi connectivity index (χ4v) is 3.09. The Morgan fingerprint density at radius 1 is 1.30 bits per heavy atom. The largest absolute Gasteiger partial charge is 0.381 e. The molecule has 1 N–H and O–H groups in total. The Bertz CT molecular complexity index is 546. The van der Waals surface area contributed by atoms with Crippen LogP contribution in [0.3, 0.4) is 0 Å². The molecule has 1 aliphatic carbocycles. The topological polar surface area (TPSA) is 55.4 Å². The van der Waals surface area contributed by atoms with E-state index in [0.29, 0.717) is 11.3 Å². The van der Waals surface area contributed by atoms with Crippen LogP contribution in [0.15, 0.2) is 24.3 Å². The van der Waals surface area contributed by atoms with E-state index in [4.69, 9.17) is 4.74 Å². The third-order valence-corrected chi connectivity index (χ3v) is 4.53. The maximum Gasteiger partial charge on any atom is 0.228 e. The SMILES string of the molecule is CC(=O)c1cccc(NC(=O)[C@H]2CC23CCOCC3)c1. The van der Waals surface area contributed by atoms with Gasteiger partial charge in [-0.05, 0) is 43.7 Å². The molecular formula is C16H19NO3. The van der Waals surface area contributed by atoms with Crippen LogP contribution in [0.4, 0.5) is 5.69 Å². The van der Waals surface area contributed by atoms with Crippen molar-refractivity contribution in [3.8, 4) is 0 Å². The van der Waals surface area contributed by atoms with Gasteiger partial charge in [0, 0.05) is 30.4 Å². The van der Waals surface area contributed by atoms with Crippen LogP contribution in [0.2, 0.25) is 0 Å². The summed E-state index contributed by atoms with van der Waals surface area (Å²) in [5, 5.41) is 2.94.